The first-order valence-corrected chi connectivity index (χ1v) is 27.9. The van der Waals surface area contributed by atoms with Gasteiger partial charge in [-0.3, -0.25) is 9.59 Å². The fraction of sp³-hybridized carbons (Fsp3) is 0.394. The lowest BCUT2D eigenvalue weighted by Gasteiger charge is -2.09. The van der Waals surface area contributed by atoms with E-state index in [9.17, 15) is 19.2 Å². The molecule has 0 aliphatic rings. The van der Waals surface area contributed by atoms with E-state index in [-0.39, 0.29) is 23.9 Å². The van der Waals surface area contributed by atoms with Gasteiger partial charge < -0.3 is 28.4 Å². The molecule has 0 amide bonds. The molecule has 6 aromatic rings. The Balaban J connectivity index is 0.707. The highest BCUT2D eigenvalue weighted by molar-refractivity contribution is 5.90. The minimum atomic E-state index is -0.362. The molecule has 0 heterocycles. The van der Waals surface area contributed by atoms with Crippen LogP contribution >= 0.6 is 0 Å². The summed E-state index contributed by atoms with van der Waals surface area (Å²) in [6, 6.07) is 50.3. The van der Waals surface area contributed by atoms with Crippen LogP contribution in [0.25, 0.3) is 11.1 Å². The SMILES string of the molecule is O=C(CCCCCCCOc1ccc(-c2ccc(OCCCCCCCC(=O)Oc3ccc(C(=O)OCCCCCCc4ccccc4)cc3)cc2)cc1)Oc1ccc(C(=O)OCCCCCCc2ccccc2)cc1. The first-order valence-electron chi connectivity index (χ1n) is 27.9. The van der Waals surface area contributed by atoms with Crippen molar-refractivity contribution in [1.29, 1.82) is 0 Å². The summed E-state index contributed by atoms with van der Waals surface area (Å²) in [5.74, 6) is 1.26. The van der Waals surface area contributed by atoms with Crippen LogP contribution in [0.3, 0.4) is 0 Å². The van der Waals surface area contributed by atoms with Crippen molar-refractivity contribution >= 4 is 23.9 Å². The summed E-state index contributed by atoms with van der Waals surface area (Å²) in [5, 5.41) is 0. The molecule has 0 saturated heterocycles. The Morgan fingerprint density at radius 3 is 0.987 bits per heavy atom. The fourth-order valence-corrected chi connectivity index (χ4v) is 8.71. The number of hydrogen-bond donors (Lipinski definition) is 0. The summed E-state index contributed by atoms with van der Waals surface area (Å²) < 4.78 is 33.8. The van der Waals surface area contributed by atoms with Gasteiger partial charge in [-0.05, 0) is 159 Å². The van der Waals surface area contributed by atoms with Crippen LogP contribution in [-0.4, -0.2) is 50.3 Å². The average Bonchev–Trinajstić information content (AvgIpc) is 3.45. The van der Waals surface area contributed by atoms with Gasteiger partial charge in [0.25, 0.3) is 0 Å². The van der Waals surface area contributed by atoms with Gasteiger partial charge in [0.1, 0.15) is 23.0 Å². The van der Waals surface area contributed by atoms with Gasteiger partial charge in [-0.2, -0.15) is 0 Å². The van der Waals surface area contributed by atoms with Gasteiger partial charge in [0.05, 0.1) is 37.6 Å². The maximum Gasteiger partial charge on any atom is 0.338 e. The summed E-state index contributed by atoms with van der Waals surface area (Å²) in [6.45, 7) is 2.07. The van der Waals surface area contributed by atoms with Gasteiger partial charge in [0.15, 0.2) is 0 Å². The van der Waals surface area contributed by atoms with Crippen molar-refractivity contribution < 1.29 is 47.6 Å². The third-order valence-corrected chi connectivity index (χ3v) is 13.1. The first-order chi connectivity index (χ1) is 37.4. The van der Waals surface area contributed by atoms with Crippen molar-refractivity contribution in [3.05, 3.63) is 180 Å². The third-order valence-electron chi connectivity index (χ3n) is 13.1. The number of benzene rings is 6. The molecule has 6 aromatic carbocycles. The molecule has 0 bridgehead atoms. The van der Waals surface area contributed by atoms with Crippen molar-refractivity contribution in [3.63, 3.8) is 0 Å². The van der Waals surface area contributed by atoms with Crippen LogP contribution in [0.4, 0.5) is 0 Å². The highest BCUT2D eigenvalue weighted by Crippen LogP contribution is 2.26. The van der Waals surface area contributed by atoms with E-state index >= 15 is 0 Å². The van der Waals surface area contributed by atoms with E-state index < -0.39 is 0 Å². The molecule has 0 saturated carbocycles. The highest BCUT2D eigenvalue weighted by atomic mass is 16.5. The van der Waals surface area contributed by atoms with E-state index in [1.807, 2.05) is 36.4 Å². The van der Waals surface area contributed by atoms with Crippen LogP contribution in [0, 0.1) is 0 Å². The van der Waals surface area contributed by atoms with E-state index in [1.54, 1.807) is 48.5 Å². The molecular formula is C66H78O10. The van der Waals surface area contributed by atoms with E-state index in [0.29, 0.717) is 61.9 Å². The topological polar surface area (TPSA) is 124 Å². The monoisotopic (exact) mass is 1030 g/mol. The molecule has 0 unspecified atom stereocenters. The largest absolute Gasteiger partial charge is 0.494 e. The van der Waals surface area contributed by atoms with Crippen LogP contribution in [0.1, 0.15) is 160 Å². The molecule has 0 aromatic heterocycles. The van der Waals surface area contributed by atoms with Gasteiger partial charge in [0, 0.05) is 12.8 Å². The Labute approximate surface area is 451 Å². The standard InChI is InChI=1S/C66H78O10/c67-63(75-61-45-37-57(38-46-61)65(69)73-51-23-9-5-13-25-53-27-15-11-16-28-53)31-19-3-1-7-21-49-71-59-41-33-55(34-42-59)56-35-43-60(44-36-56)72-50-22-8-2-4-20-32-64(68)76-62-47-39-58(40-48-62)66(70)74-52-24-10-6-14-26-54-29-17-12-18-30-54/h11-12,15-18,27-30,33-48H,1-10,13-14,19-26,31-32,49-52H2. The number of hydrogen-bond acceptors (Lipinski definition) is 10. The second-order valence-corrected chi connectivity index (χ2v) is 19.3. The normalized spacial score (nSPS) is 10.9. The average molecular weight is 1030 g/mol. The number of aryl methyl sites for hydroxylation is 2. The maximum atomic E-state index is 12.4. The second-order valence-electron chi connectivity index (χ2n) is 19.3. The molecule has 0 aliphatic carbocycles. The molecule has 0 radical (unpaired) electrons. The summed E-state index contributed by atoms with van der Waals surface area (Å²) in [6.07, 6.45) is 20.3. The second kappa shape index (κ2) is 35.1. The minimum absolute atomic E-state index is 0.275. The van der Waals surface area contributed by atoms with E-state index in [1.165, 1.54) is 11.1 Å². The van der Waals surface area contributed by atoms with Crippen molar-refractivity contribution in [2.75, 3.05) is 26.4 Å². The van der Waals surface area contributed by atoms with Crippen LogP contribution in [0.15, 0.2) is 158 Å². The predicted molar refractivity (Wildman–Crippen MR) is 300 cm³/mol. The van der Waals surface area contributed by atoms with Gasteiger partial charge >= 0.3 is 23.9 Å². The molecule has 0 aliphatic heterocycles. The van der Waals surface area contributed by atoms with Crippen LogP contribution in [-0.2, 0) is 31.9 Å². The lowest BCUT2D eigenvalue weighted by atomic mass is 10.1. The Morgan fingerprint density at radius 1 is 0.289 bits per heavy atom. The van der Waals surface area contributed by atoms with Gasteiger partial charge in [-0.25, -0.2) is 9.59 Å². The summed E-state index contributed by atoms with van der Waals surface area (Å²) in [4.78, 5) is 49.7. The number of carbonyl (C=O) groups excluding carboxylic acids is 4. The van der Waals surface area contributed by atoms with E-state index in [2.05, 4.69) is 72.8 Å². The molecule has 6 rings (SSSR count). The number of ether oxygens (including phenoxy) is 6. The summed E-state index contributed by atoms with van der Waals surface area (Å²) in [5.41, 5.74) is 5.81. The van der Waals surface area contributed by atoms with Crippen LogP contribution < -0.4 is 18.9 Å². The molecule has 402 valence electrons. The lowest BCUT2D eigenvalue weighted by molar-refractivity contribution is -0.135. The highest BCUT2D eigenvalue weighted by Gasteiger charge is 2.12. The van der Waals surface area contributed by atoms with Crippen LogP contribution in [0.5, 0.6) is 23.0 Å². The summed E-state index contributed by atoms with van der Waals surface area (Å²) >= 11 is 0. The maximum absolute atomic E-state index is 12.4. The van der Waals surface area contributed by atoms with Crippen molar-refractivity contribution in [2.24, 2.45) is 0 Å². The van der Waals surface area contributed by atoms with Gasteiger partial charge in [-0.15, -0.1) is 0 Å². The molecule has 0 N–H and O–H groups in total. The van der Waals surface area contributed by atoms with Gasteiger partial charge in [-0.1, -0.05) is 149 Å². The molecule has 0 spiro atoms. The Hall–Kier alpha value is -7.20. The number of carbonyl (C=O) groups is 4. The van der Waals surface area contributed by atoms with Crippen molar-refractivity contribution in [2.45, 2.75) is 141 Å². The molecule has 76 heavy (non-hydrogen) atoms. The molecule has 10 nitrogen and oxygen atoms in total. The minimum Gasteiger partial charge on any atom is -0.494 e. The quantitative estimate of drug-likeness (QED) is 0.0212. The lowest BCUT2D eigenvalue weighted by Crippen LogP contribution is -2.09. The Kier molecular flexibility index (Phi) is 26.8. The molecule has 0 fully saturated rings. The van der Waals surface area contributed by atoms with Crippen molar-refractivity contribution in [1.82, 2.24) is 0 Å². The molecule has 0 atom stereocenters. The zero-order chi connectivity index (χ0) is 53.1. The third kappa shape index (κ3) is 23.6. The zero-order valence-corrected chi connectivity index (χ0v) is 44.5. The van der Waals surface area contributed by atoms with E-state index in [0.717, 1.165) is 151 Å². The number of unbranched alkanes of at least 4 members (excludes halogenated alkanes) is 14. The smallest absolute Gasteiger partial charge is 0.338 e. The van der Waals surface area contributed by atoms with Gasteiger partial charge in [0.2, 0.25) is 0 Å². The number of esters is 4. The fourth-order valence-electron chi connectivity index (χ4n) is 8.71. The molecular weight excluding hydrogens is 953 g/mol. The summed E-state index contributed by atoms with van der Waals surface area (Å²) in [7, 11) is 0. The van der Waals surface area contributed by atoms with Crippen molar-refractivity contribution in [3.8, 4) is 34.1 Å². The predicted octanol–water partition coefficient (Wildman–Crippen LogP) is 15.9. The molecule has 10 heteroatoms. The Morgan fingerprint density at radius 2 is 0.605 bits per heavy atom. The van der Waals surface area contributed by atoms with Crippen LogP contribution in [0.2, 0.25) is 0 Å². The number of rotatable bonds is 37. The Bertz CT molecular complexity index is 2360. The first kappa shape index (κ1) is 58.1. The van der Waals surface area contributed by atoms with E-state index in [4.69, 9.17) is 28.4 Å². The zero-order valence-electron chi connectivity index (χ0n) is 44.5.